The third-order valence-electron chi connectivity index (χ3n) is 2.04. The average molecular weight is 267 g/mol. The molecule has 0 aliphatic heterocycles. The Morgan fingerprint density at radius 1 is 1.50 bits per heavy atom. The van der Waals surface area contributed by atoms with Crippen molar-refractivity contribution in [3.63, 3.8) is 0 Å². The number of amides is 1. The van der Waals surface area contributed by atoms with Crippen molar-refractivity contribution < 1.29 is 9.72 Å². The molecule has 0 atom stereocenters. The van der Waals surface area contributed by atoms with Crippen molar-refractivity contribution in [2.75, 3.05) is 5.32 Å². The first-order valence-corrected chi connectivity index (χ1v) is 5.79. The predicted molar refractivity (Wildman–Crippen MR) is 72.4 cm³/mol. The molecule has 0 bridgehead atoms. The molecule has 0 aliphatic rings. The number of hydrogen-bond acceptors (Lipinski definition) is 4. The third-order valence-corrected chi connectivity index (χ3v) is 2.25. The molecule has 7 heteroatoms. The van der Waals surface area contributed by atoms with Crippen molar-refractivity contribution in [2.24, 2.45) is 0 Å². The van der Waals surface area contributed by atoms with Crippen LogP contribution in [0.15, 0.2) is 24.3 Å². The van der Waals surface area contributed by atoms with Gasteiger partial charge in [-0.25, -0.2) is 0 Å². The van der Waals surface area contributed by atoms with Gasteiger partial charge in [0.1, 0.15) is 0 Å². The van der Waals surface area contributed by atoms with Gasteiger partial charge in [-0.2, -0.15) is 0 Å². The van der Waals surface area contributed by atoms with Gasteiger partial charge in [-0.05, 0) is 24.7 Å². The Kier molecular flexibility index (Phi) is 5.19. The van der Waals surface area contributed by atoms with Crippen LogP contribution in [-0.2, 0) is 4.79 Å². The van der Waals surface area contributed by atoms with Crippen LogP contribution in [0.1, 0.15) is 19.8 Å². The number of carbonyl (C=O) groups is 1. The minimum Gasteiger partial charge on any atom is -0.332 e. The normalized spacial score (nSPS) is 9.61. The number of anilines is 1. The maximum absolute atomic E-state index is 11.3. The summed E-state index contributed by atoms with van der Waals surface area (Å²) in [6, 6.07) is 5.89. The highest BCUT2D eigenvalue weighted by Crippen LogP contribution is 2.16. The number of nitrogens with zero attached hydrogens (tertiary/aromatic N) is 1. The Morgan fingerprint density at radius 2 is 2.22 bits per heavy atom. The SMILES string of the molecule is CCCC(=O)NC(=S)Nc1cccc([N+](=O)[O-])c1. The van der Waals surface area contributed by atoms with E-state index in [0.717, 1.165) is 6.42 Å². The molecular weight excluding hydrogens is 254 g/mol. The monoisotopic (exact) mass is 267 g/mol. The van der Waals surface area contributed by atoms with Crippen molar-refractivity contribution in [1.29, 1.82) is 0 Å². The summed E-state index contributed by atoms with van der Waals surface area (Å²) < 4.78 is 0. The Labute approximate surface area is 110 Å². The Hall–Kier alpha value is -2.02. The predicted octanol–water partition coefficient (Wildman–Crippen LogP) is 2.21. The number of nitrogens with one attached hydrogen (secondary N) is 2. The molecule has 0 radical (unpaired) electrons. The fourth-order valence-electron chi connectivity index (χ4n) is 1.28. The van der Waals surface area contributed by atoms with Gasteiger partial charge >= 0.3 is 0 Å². The summed E-state index contributed by atoms with van der Waals surface area (Å²) in [7, 11) is 0. The van der Waals surface area contributed by atoms with Crippen LogP contribution in [-0.4, -0.2) is 15.9 Å². The zero-order valence-electron chi connectivity index (χ0n) is 9.80. The average Bonchev–Trinajstić information content (AvgIpc) is 2.29. The smallest absolute Gasteiger partial charge is 0.271 e. The molecular formula is C11H13N3O3S. The van der Waals surface area contributed by atoms with E-state index < -0.39 is 4.92 Å². The molecule has 0 heterocycles. The topological polar surface area (TPSA) is 84.3 Å². The highest BCUT2D eigenvalue weighted by atomic mass is 32.1. The second-order valence-corrected chi connectivity index (χ2v) is 3.97. The van der Waals surface area contributed by atoms with E-state index in [-0.39, 0.29) is 16.7 Å². The van der Waals surface area contributed by atoms with E-state index in [9.17, 15) is 14.9 Å². The second-order valence-electron chi connectivity index (χ2n) is 3.56. The number of benzene rings is 1. The number of non-ortho nitro benzene ring substituents is 1. The molecule has 0 saturated carbocycles. The summed E-state index contributed by atoms with van der Waals surface area (Å²) in [6.45, 7) is 1.89. The van der Waals surface area contributed by atoms with Crippen LogP contribution in [0, 0.1) is 10.1 Å². The van der Waals surface area contributed by atoms with Crippen molar-refractivity contribution in [3.05, 3.63) is 34.4 Å². The van der Waals surface area contributed by atoms with Crippen LogP contribution in [0.25, 0.3) is 0 Å². The minimum absolute atomic E-state index is 0.0392. The molecule has 1 aromatic carbocycles. The van der Waals surface area contributed by atoms with Crippen molar-refractivity contribution in [1.82, 2.24) is 5.32 Å². The lowest BCUT2D eigenvalue weighted by atomic mass is 10.3. The van der Waals surface area contributed by atoms with Crippen LogP contribution in [0.5, 0.6) is 0 Å². The van der Waals surface area contributed by atoms with Crippen LogP contribution in [0.4, 0.5) is 11.4 Å². The van der Waals surface area contributed by atoms with E-state index >= 15 is 0 Å². The molecule has 0 aliphatic carbocycles. The molecule has 6 nitrogen and oxygen atoms in total. The number of hydrogen-bond donors (Lipinski definition) is 2. The van der Waals surface area contributed by atoms with Crippen LogP contribution >= 0.6 is 12.2 Å². The molecule has 0 fully saturated rings. The summed E-state index contributed by atoms with van der Waals surface area (Å²) in [5.41, 5.74) is 0.425. The maximum atomic E-state index is 11.3. The number of nitro groups is 1. The minimum atomic E-state index is -0.496. The van der Waals surface area contributed by atoms with Crippen LogP contribution in [0.2, 0.25) is 0 Å². The zero-order chi connectivity index (χ0) is 13.5. The van der Waals surface area contributed by atoms with E-state index in [1.165, 1.54) is 18.2 Å². The first-order chi connectivity index (χ1) is 8.52. The van der Waals surface area contributed by atoms with Gasteiger partial charge in [0.05, 0.1) is 4.92 Å². The summed E-state index contributed by atoms with van der Waals surface area (Å²) >= 11 is 4.92. The van der Waals surface area contributed by atoms with Gasteiger partial charge in [0.2, 0.25) is 5.91 Å². The molecule has 0 spiro atoms. The van der Waals surface area contributed by atoms with Gasteiger partial charge in [-0.15, -0.1) is 0 Å². The standard InChI is InChI=1S/C11H13N3O3S/c1-2-4-10(15)13-11(18)12-8-5-3-6-9(7-8)14(16)17/h3,5-7H,2,4H2,1H3,(H2,12,13,15,18). The molecule has 2 N–H and O–H groups in total. The number of nitro benzene ring substituents is 1. The van der Waals surface area contributed by atoms with Gasteiger partial charge in [-0.1, -0.05) is 13.0 Å². The largest absolute Gasteiger partial charge is 0.332 e. The van der Waals surface area contributed by atoms with Crippen molar-refractivity contribution in [2.45, 2.75) is 19.8 Å². The van der Waals surface area contributed by atoms with Gasteiger partial charge in [0.25, 0.3) is 5.69 Å². The lowest BCUT2D eigenvalue weighted by Gasteiger charge is -2.08. The lowest BCUT2D eigenvalue weighted by Crippen LogP contribution is -2.33. The fourth-order valence-corrected chi connectivity index (χ4v) is 1.51. The molecule has 0 unspecified atom stereocenters. The summed E-state index contributed by atoms with van der Waals surface area (Å²) in [4.78, 5) is 21.4. The highest BCUT2D eigenvalue weighted by Gasteiger charge is 2.07. The molecule has 1 amide bonds. The Balaban J connectivity index is 2.62. The summed E-state index contributed by atoms with van der Waals surface area (Å²) in [6.07, 6.45) is 1.11. The first-order valence-electron chi connectivity index (χ1n) is 5.38. The number of thiocarbonyl (C=S) groups is 1. The van der Waals surface area contributed by atoms with E-state index in [0.29, 0.717) is 12.1 Å². The van der Waals surface area contributed by atoms with Crippen molar-refractivity contribution in [3.8, 4) is 0 Å². The molecule has 18 heavy (non-hydrogen) atoms. The van der Waals surface area contributed by atoms with Gasteiger partial charge in [-0.3, -0.25) is 14.9 Å². The van der Waals surface area contributed by atoms with Gasteiger partial charge < -0.3 is 10.6 Å². The van der Waals surface area contributed by atoms with E-state index in [1.54, 1.807) is 6.07 Å². The molecule has 1 aromatic rings. The van der Waals surface area contributed by atoms with Gasteiger partial charge in [0.15, 0.2) is 5.11 Å². The molecule has 1 rings (SSSR count). The lowest BCUT2D eigenvalue weighted by molar-refractivity contribution is -0.384. The third kappa shape index (κ3) is 4.46. The number of rotatable bonds is 4. The summed E-state index contributed by atoms with van der Waals surface area (Å²) in [5.74, 6) is -0.180. The van der Waals surface area contributed by atoms with Crippen molar-refractivity contribution >= 4 is 34.6 Å². The first kappa shape index (κ1) is 14.0. The number of carbonyl (C=O) groups excluding carboxylic acids is 1. The van der Waals surface area contributed by atoms with E-state index in [4.69, 9.17) is 12.2 Å². The zero-order valence-corrected chi connectivity index (χ0v) is 10.6. The molecule has 0 saturated heterocycles. The molecule has 0 aromatic heterocycles. The van der Waals surface area contributed by atoms with Crippen LogP contribution in [0.3, 0.4) is 0 Å². The second kappa shape index (κ2) is 6.65. The van der Waals surface area contributed by atoms with E-state index in [2.05, 4.69) is 10.6 Å². The Morgan fingerprint density at radius 3 is 2.83 bits per heavy atom. The summed E-state index contributed by atoms with van der Waals surface area (Å²) in [5, 5.41) is 15.9. The maximum Gasteiger partial charge on any atom is 0.271 e. The van der Waals surface area contributed by atoms with E-state index in [1.807, 2.05) is 6.92 Å². The quantitative estimate of drug-likeness (QED) is 0.496. The van der Waals surface area contributed by atoms with Gasteiger partial charge in [0, 0.05) is 24.2 Å². The Bertz CT molecular complexity index is 476. The fraction of sp³-hybridized carbons (Fsp3) is 0.273. The van der Waals surface area contributed by atoms with Crippen LogP contribution < -0.4 is 10.6 Å². The highest BCUT2D eigenvalue weighted by molar-refractivity contribution is 7.80. The molecule has 96 valence electrons.